The second kappa shape index (κ2) is 7.43. The Morgan fingerprint density at radius 1 is 1.35 bits per heavy atom. The van der Waals surface area contributed by atoms with Crippen molar-refractivity contribution in [2.24, 2.45) is 5.92 Å². The molecular formula is C15H21NO3S. The third-order valence-electron chi connectivity index (χ3n) is 3.78. The Balaban J connectivity index is 1.96. The Bertz CT molecular complexity index is 444. The quantitative estimate of drug-likeness (QED) is 0.686. The number of ether oxygens (including phenoxy) is 1. The first-order valence-electron chi connectivity index (χ1n) is 7.10. The second-order valence-electron chi connectivity index (χ2n) is 5.20. The topological polar surface area (TPSA) is 55.4 Å². The number of hydrogen-bond acceptors (Lipinski definition) is 4. The zero-order valence-corrected chi connectivity index (χ0v) is 12.6. The van der Waals surface area contributed by atoms with Gasteiger partial charge in [0.2, 0.25) is 5.91 Å². The molecule has 2 atom stereocenters. The maximum absolute atomic E-state index is 12.1. The first-order valence-corrected chi connectivity index (χ1v) is 7.98. The maximum atomic E-state index is 12.1. The summed E-state index contributed by atoms with van der Waals surface area (Å²) in [5.74, 6) is -0.406. The van der Waals surface area contributed by atoms with Gasteiger partial charge in [-0.25, -0.2) is 0 Å². The lowest BCUT2D eigenvalue weighted by Gasteiger charge is -2.24. The number of hydrogen-bond donors (Lipinski definition) is 1. The van der Waals surface area contributed by atoms with Gasteiger partial charge in [0.05, 0.1) is 19.4 Å². The van der Waals surface area contributed by atoms with Gasteiger partial charge in [-0.2, -0.15) is 0 Å². The van der Waals surface area contributed by atoms with Gasteiger partial charge in [0, 0.05) is 10.9 Å². The Kier molecular flexibility index (Phi) is 5.59. The van der Waals surface area contributed by atoms with Crippen molar-refractivity contribution >= 4 is 23.2 Å². The first-order chi connectivity index (χ1) is 9.70. The van der Waals surface area contributed by atoms with Gasteiger partial charge in [0.15, 0.2) is 0 Å². The number of carbonyl (C=O) groups excluding carboxylic acids is 2. The minimum atomic E-state index is -0.201. The van der Waals surface area contributed by atoms with E-state index >= 15 is 0 Å². The van der Waals surface area contributed by atoms with Gasteiger partial charge in [0.25, 0.3) is 0 Å². The van der Waals surface area contributed by atoms with Crippen LogP contribution in [0.4, 0.5) is 0 Å². The number of nitrogens with one attached hydrogen (secondary N) is 1. The molecule has 1 aliphatic rings. The van der Waals surface area contributed by atoms with Gasteiger partial charge in [0.1, 0.15) is 0 Å². The van der Waals surface area contributed by atoms with E-state index in [0.29, 0.717) is 6.42 Å². The van der Waals surface area contributed by atoms with Gasteiger partial charge in [-0.3, -0.25) is 9.59 Å². The molecule has 1 saturated carbocycles. The van der Waals surface area contributed by atoms with Gasteiger partial charge in [-0.1, -0.05) is 25.3 Å². The molecule has 1 aromatic heterocycles. The predicted octanol–water partition coefficient (Wildman–Crippen LogP) is 2.53. The smallest absolute Gasteiger partial charge is 0.310 e. The Morgan fingerprint density at radius 3 is 2.85 bits per heavy atom. The average molecular weight is 295 g/mol. The minimum absolute atomic E-state index is 0.00625. The van der Waals surface area contributed by atoms with Crippen LogP contribution in [0.15, 0.2) is 17.5 Å². The van der Waals surface area contributed by atoms with Gasteiger partial charge < -0.3 is 10.1 Å². The predicted molar refractivity (Wildman–Crippen MR) is 78.5 cm³/mol. The third-order valence-corrected chi connectivity index (χ3v) is 4.66. The highest BCUT2D eigenvalue weighted by Gasteiger charge is 2.31. The fraction of sp³-hybridized carbons (Fsp3) is 0.600. The second-order valence-corrected chi connectivity index (χ2v) is 6.23. The molecule has 2 rings (SSSR count). The summed E-state index contributed by atoms with van der Waals surface area (Å²) in [6, 6.07) is 3.81. The fourth-order valence-corrected chi connectivity index (χ4v) is 3.45. The fourth-order valence-electron chi connectivity index (χ4n) is 2.74. The van der Waals surface area contributed by atoms with Crippen LogP contribution < -0.4 is 5.32 Å². The Labute approximate surface area is 123 Å². The summed E-state index contributed by atoms with van der Waals surface area (Å²) in [4.78, 5) is 25.0. The van der Waals surface area contributed by atoms with E-state index in [0.717, 1.165) is 37.0 Å². The van der Waals surface area contributed by atoms with Crippen molar-refractivity contribution in [2.45, 2.75) is 44.6 Å². The lowest BCUT2D eigenvalue weighted by atomic mass is 9.94. The van der Waals surface area contributed by atoms with Crippen molar-refractivity contribution in [1.82, 2.24) is 5.32 Å². The van der Waals surface area contributed by atoms with E-state index in [1.165, 1.54) is 7.11 Å². The zero-order chi connectivity index (χ0) is 14.4. The molecular weight excluding hydrogens is 274 g/mol. The zero-order valence-electron chi connectivity index (χ0n) is 11.8. The van der Waals surface area contributed by atoms with E-state index < -0.39 is 0 Å². The van der Waals surface area contributed by atoms with E-state index in [1.54, 1.807) is 11.3 Å². The maximum Gasteiger partial charge on any atom is 0.310 e. The van der Waals surface area contributed by atoms with Crippen LogP contribution in [0.2, 0.25) is 0 Å². The molecule has 20 heavy (non-hydrogen) atoms. The molecule has 1 fully saturated rings. The lowest BCUT2D eigenvalue weighted by molar-refractivity contribution is -0.147. The average Bonchev–Trinajstić information content (AvgIpc) is 2.83. The minimum Gasteiger partial charge on any atom is -0.469 e. The van der Waals surface area contributed by atoms with Gasteiger partial charge in [-0.05, 0) is 24.3 Å². The Hall–Kier alpha value is -1.36. The number of amides is 1. The molecule has 2 unspecified atom stereocenters. The molecule has 0 spiro atoms. The largest absolute Gasteiger partial charge is 0.469 e. The monoisotopic (exact) mass is 295 g/mol. The molecule has 0 aromatic carbocycles. The van der Waals surface area contributed by atoms with Crippen molar-refractivity contribution in [3.8, 4) is 0 Å². The van der Waals surface area contributed by atoms with Gasteiger partial charge >= 0.3 is 5.97 Å². The van der Waals surface area contributed by atoms with Crippen LogP contribution in [0.1, 0.15) is 37.0 Å². The van der Waals surface area contributed by atoms with Crippen molar-refractivity contribution in [3.63, 3.8) is 0 Å². The van der Waals surface area contributed by atoms with E-state index in [2.05, 4.69) is 5.32 Å². The summed E-state index contributed by atoms with van der Waals surface area (Å²) in [5, 5.41) is 4.99. The molecule has 0 aliphatic heterocycles. The molecule has 1 heterocycles. The molecule has 0 radical (unpaired) electrons. The van der Waals surface area contributed by atoms with Crippen LogP contribution in [0.25, 0.3) is 0 Å². The van der Waals surface area contributed by atoms with Gasteiger partial charge in [-0.15, -0.1) is 11.3 Å². The molecule has 1 amide bonds. The SMILES string of the molecule is COC(=O)C1CCCCCC1NC(=O)Cc1cccs1. The number of carbonyl (C=O) groups is 2. The first kappa shape index (κ1) is 15.0. The summed E-state index contributed by atoms with van der Waals surface area (Å²) >= 11 is 1.58. The number of rotatable bonds is 4. The summed E-state index contributed by atoms with van der Waals surface area (Å²) in [5.41, 5.74) is 0. The summed E-state index contributed by atoms with van der Waals surface area (Å²) in [7, 11) is 1.41. The normalized spacial score (nSPS) is 22.9. The van der Waals surface area contributed by atoms with Crippen LogP contribution in [-0.2, 0) is 20.7 Å². The highest BCUT2D eigenvalue weighted by molar-refractivity contribution is 7.10. The van der Waals surface area contributed by atoms with E-state index in [4.69, 9.17) is 4.74 Å². The molecule has 1 aliphatic carbocycles. The number of methoxy groups -OCH3 is 1. The molecule has 1 N–H and O–H groups in total. The Morgan fingerprint density at radius 2 is 2.15 bits per heavy atom. The molecule has 5 heteroatoms. The van der Waals surface area contributed by atoms with Crippen molar-refractivity contribution in [2.75, 3.05) is 7.11 Å². The number of esters is 1. The molecule has 0 saturated heterocycles. The summed E-state index contributed by atoms with van der Waals surface area (Å²) < 4.78 is 4.87. The molecule has 0 bridgehead atoms. The molecule has 4 nitrogen and oxygen atoms in total. The van der Waals surface area contributed by atoms with Crippen molar-refractivity contribution in [3.05, 3.63) is 22.4 Å². The standard InChI is InChI=1S/C15H21NO3S/c1-19-15(18)12-7-3-2-4-8-13(12)16-14(17)10-11-6-5-9-20-11/h5-6,9,12-13H,2-4,7-8,10H2,1H3,(H,16,17). The van der Waals surface area contributed by atoms with Crippen LogP contribution >= 0.6 is 11.3 Å². The van der Waals surface area contributed by atoms with Crippen LogP contribution in [0.5, 0.6) is 0 Å². The molecule has 110 valence electrons. The molecule has 1 aromatic rings. The van der Waals surface area contributed by atoms with E-state index in [1.807, 2.05) is 17.5 Å². The number of thiophene rings is 1. The highest BCUT2D eigenvalue weighted by Crippen LogP contribution is 2.24. The third kappa shape index (κ3) is 4.07. The van der Waals surface area contributed by atoms with Crippen molar-refractivity contribution < 1.29 is 14.3 Å². The van der Waals surface area contributed by atoms with E-state index in [9.17, 15) is 9.59 Å². The van der Waals surface area contributed by atoms with Crippen LogP contribution in [0.3, 0.4) is 0 Å². The van der Waals surface area contributed by atoms with E-state index in [-0.39, 0.29) is 23.8 Å². The van der Waals surface area contributed by atoms with Crippen molar-refractivity contribution in [1.29, 1.82) is 0 Å². The lowest BCUT2D eigenvalue weighted by Crippen LogP contribution is -2.43. The highest BCUT2D eigenvalue weighted by atomic mass is 32.1. The summed E-state index contributed by atoms with van der Waals surface area (Å²) in [6.07, 6.45) is 5.24. The van der Waals surface area contributed by atoms with Crippen LogP contribution in [0, 0.1) is 5.92 Å². The summed E-state index contributed by atoms with van der Waals surface area (Å²) in [6.45, 7) is 0. The van der Waals surface area contributed by atoms with Crippen LogP contribution in [-0.4, -0.2) is 25.0 Å².